The molecule has 0 aromatic carbocycles. The van der Waals surface area contributed by atoms with E-state index in [0.717, 1.165) is 0 Å². The zero-order chi connectivity index (χ0) is 11.9. The molecule has 0 aromatic rings. The van der Waals surface area contributed by atoms with E-state index in [0.29, 0.717) is 0 Å². The normalized spacial score (nSPS) is 21.4. The van der Waals surface area contributed by atoms with Gasteiger partial charge in [0.05, 0.1) is 0 Å². The third-order valence-electron chi connectivity index (χ3n) is 3.50. The van der Waals surface area contributed by atoms with Crippen molar-refractivity contribution in [2.75, 3.05) is 0 Å². The average Bonchev–Trinajstić information content (AvgIpc) is 2.35. The van der Waals surface area contributed by atoms with E-state index in [-0.39, 0.29) is 0 Å². The van der Waals surface area contributed by atoms with E-state index in [2.05, 4.69) is 0 Å². The summed E-state index contributed by atoms with van der Waals surface area (Å²) in [5.74, 6) is 0. The van der Waals surface area contributed by atoms with Crippen molar-refractivity contribution in [2.45, 2.75) is 104 Å². The van der Waals surface area contributed by atoms with Crippen LogP contribution >= 0.6 is 0 Å². The Morgan fingerprint density at radius 1 is 0.250 bits per heavy atom. The Labute approximate surface area is 104 Å². The topological polar surface area (TPSA) is 0 Å². The van der Waals surface area contributed by atoms with Gasteiger partial charge in [-0.05, 0) is 0 Å². The van der Waals surface area contributed by atoms with Crippen molar-refractivity contribution in [3.63, 3.8) is 0 Å². The van der Waals surface area contributed by atoms with Gasteiger partial charge in [0.15, 0.2) is 0 Å². The second-order valence-corrected chi connectivity index (χ2v) is 4.95. The summed E-state index contributed by atoms with van der Waals surface area (Å²) in [5, 5.41) is 0. The van der Waals surface area contributed by atoms with Gasteiger partial charge in [0.1, 0.15) is 0 Å². The number of hydrogen-bond donors (Lipinski definition) is 0. The van der Waals surface area contributed by atoms with E-state index >= 15 is 0 Å². The van der Waals surface area contributed by atoms with E-state index in [1.54, 1.807) is 0 Å². The van der Waals surface area contributed by atoms with E-state index in [1.807, 2.05) is 13.8 Å². The van der Waals surface area contributed by atoms with Crippen molar-refractivity contribution in [2.24, 2.45) is 0 Å². The van der Waals surface area contributed by atoms with Crippen LogP contribution in [0.1, 0.15) is 104 Å². The first-order chi connectivity index (χ1) is 8.00. The van der Waals surface area contributed by atoms with Gasteiger partial charge in [-0.25, -0.2) is 0 Å². The van der Waals surface area contributed by atoms with Crippen molar-refractivity contribution in [3.8, 4) is 0 Å². The van der Waals surface area contributed by atoms with Gasteiger partial charge >= 0.3 is 0 Å². The number of rotatable bonds is 0. The van der Waals surface area contributed by atoms with E-state index in [9.17, 15) is 0 Å². The van der Waals surface area contributed by atoms with Gasteiger partial charge < -0.3 is 0 Å². The van der Waals surface area contributed by atoms with Crippen LogP contribution in [0.4, 0.5) is 0 Å². The zero-order valence-electron chi connectivity index (χ0n) is 11.9. The molecule has 1 rings (SSSR count). The molecule has 0 atom stereocenters. The maximum atomic E-state index is 2.00. The quantitative estimate of drug-likeness (QED) is 0.443. The Morgan fingerprint density at radius 2 is 0.312 bits per heavy atom. The Balaban J connectivity index is 0.00000106. The summed E-state index contributed by atoms with van der Waals surface area (Å²) in [5.41, 5.74) is 0. The molecule has 0 aliphatic heterocycles. The molecule has 16 heavy (non-hydrogen) atoms. The minimum Gasteiger partial charge on any atom is -0.0683 e. The highest BCUT2D eigenvalue weighted by Gasteiger charge is 1.96. The maximum absolute atomic E-state index is 2.00. The van der Waals surface area contributed by atoms with Crippen LogP contribution < -0.4 is 0 Å². The zero-order valence-corrected chi connectivity index (χ0v) is 11.9. The summed E-state index contributed by atoms with van der Waals surface area (Å²) < 4.78 is 0. The third-order valence-corrected chi connectivity index (χ3v) is 3.50. The van der Waals surface area contributed by atoms with Crippen LogP contribution in [0.15, 0.2) is 0 Å². The molecule has 0 aromatic heterocycles. The van der Waals surface area contributed by atoms with Crippen molar-refractivity contribution in [1.82, 2.24) is 0 Å². The smallest absolute Gasteiger partial charge is 0.0533 e. The van der Waals surface area contributed by atoms with E-state index < -0.39 is 0 Å². The van der Waals surface area contributed by atoms with E-state index in [4.69, 9.17) is 0 Å². The van der Waals surface area contributed by atoms with Gasteiger partial charge in [0.25, 0.3) is 0 Å². The Hall–Kier alpha value is 0. The second kappa shape index (κ2) is 15.0. The Kier molecular flexibility index (Phi) is 15.0. The maximum Gasteiger partial charge on any atom is -0.0533 e. The average molecular weight is 226 g/mol. The summed E-state index contributed by atoms with van der Waals surface area (Å²) in [6.07, 6.45) is 21.0. The molecule has 0 saturated heterocycles. The molecule has 1 aliphatic rings. The third kappa shape index (κ3) is 12.1. The highest BCUT2D eigenvalue weighted by atomic mass is 14.0. The molecule has 0 unspecified atom stereocenters. The molecule has 1 saturated carbocycles. The highest BCUT2D eigenvalue weighted by molar-refractivity contribution is 4.51. The second-order valence-electron chi connectivity index (χ2n) is 4.95. The number of hydrogen-bond acceptors (Lipinski definition) is 0. The molecule has 1 aliphatic carbocycles. The first-order valence-corrected chi connectivity index (χ1v) is 8.00. The van der Waals surface area contributed by atoms with Gasteiger partial charge in [-0.1, -0.05) is 104 Å². The summed E-state index contributed by atoms with van der Waals surface area (Å²) >= 11 is 0. The lowest BCUT2D eigenvalue weighted by Crippen LogP contribution is -1.85. The lowest BCUT2D eigenvalue weighted by Gasteiger charge is -2.05. The van der Waals surface area contributed by atoms with Crippen LogP contribution in [0, 0.1) is 0 Å². The fourth-order valence-corrected chi connectivity index (χ4v) is 2.47. The lowest BCUT2D eigenvalue weighted by atomic mass is 10.0. The van der Waals surface area contributed by atoms with Crippen LogP contribution in [0.25, 0.3) is 0 Å². The van der Waals surface area contributed by atoms with Crippen LogP contribution in [0.5, 0.6) is 0 Å². The molecule has 0 amide bonds. The van der Waals surface area contributed by atoms with Gasteiger partial charge in [-0.15, -0.1) is 0 Å². The minimum absolute atomic E-state index is 1.50. The summed E-state index contributed by atoms with van der Waals surface area (Å²) in [7, 11) is 0. The monoisotopic (exact) mass is 226 g/mol. The van der Waals surface area contributed by atoms with Crippen molar-refractivity contribution < 1.29 is 0 Å². The molecule has 0 nitrogen and oxygen atoms in total. The molecule has 0 bridgehead atoms. The predicted molar refractivity (Wildman–Crippen MR) is 76.0 cm³/mol. The molecule has 0 spiro atoms. The van der Waals surface area contributed by atoms with Gasteiger partial charge in [-0.3, -0.25) is 0 Å². The highest BCUT2D eigenvalue weighted by Crippen LogP contribution is 2.16. The largest absolute Gasteiger partial charge is 0.0683 e. The van der Waals surface area contributed by atoms with Crippen molar-refractivity contribution in [3.05, 3.63) is 0 Å². The van der Waals surface area contributed by atoms with Crippen LogP contribution in [-0.4, -0.2) is 0 Å². The molecule has 0 N–H and O–H groups in total. The Morgan fingerprint density at radius 3 is 0.375 bits per heavy atom. The molecular formula is C16H34. The Bertz CT molecular complexity index is 53.3. The van der Waals surface area contributed by atoms with Gasteiger partial charge in [-0.2, -0.15) is 0 Å². The fraction of sp³-hybridized carbons (Fsp3) is 1.00. The van der Waals surface area contributed by atoms with Crippen molar-refractivity contribution in [1.29, 1.82) is 0 Å². The lowest BCUT2D eigenvalue weighted by molar-refractivity contribution is 0.504. The molecule has 0 radical (unpaired) electrons. The summed E-state index contributed by atoms with van der Waals surface area (Å²) in [6.45, 7) is 4.00. The van der Waals surface area contributed by atoms with Crippen LogP contribution in [0.2, 0.25) is 0 Å². The molecule has 0 heterocycles. The molecular weight excluding hydrogens is 192 g/mol. The fourth-order valence-electron chi connectivity index (χ4n) is 2.47. The summed E-state index contributed by atoms with van der Waals surface area (Å²) in [6, 6.07) is 0. The SMILES string of the molecule is C1CCCCCCCCCCCCC1.CC. The molecule has 98 valence electrons. The molecule has 0 heteroatoms. The first kappa shape index (κ1) is 16.0. The van der Waals surface area contributed by atoms with E-state index in [1.165, 1.54) is 89.9 Å². The standard InChI is InChI=1S/C14H28.C2H6/c1-2-4-6-8-10-12-14-13-11-9-7-5-3-1;1-2/h1-14H2;1-2H3. The summed E-state index contributed by atoms with van der Waals surface area (Å²) in [4.78, 5) is 0. The van der Waals surface area contributed by atoms with Crippen LogP contribution in [0.3, 0.4) is 0 Å². The minimum atomic E-state index is 1.50. The van der Waals surface area contributed by atoms with Crippen molar-refractivity contribution >= 4 is 0 Å². The predicted octanol–water partition coefficient (Wildman–Crippen LogP) is 6.49. The molecule has 1 fully saturated rings. The van der Waals surface area contributed by atoms with Gasteiger partial charge in [0, 0.05) is 0 Å². The van der Waals surface area contributed by atoms with Gasteiger partial charge in [0.2, 0.25) is 0 Å². The van der Waals surface area contributed by atoms with Crippen LogP contribution in [-0.2, 0) is 0 Å². The first-order valence-electron chi connectivity index (χ1n) is 8.00.